The minimum Gasteiger partial charge on any atom is -0.390 e. The maximum atomic E-state index is 10.5. The number of hydrogen-bond donors (Lipinski definition) is 1. The van der Waals surface area contributed by atoms with Crippen molar-refractivity contribution >= 4 is 0 Å². The van der Waals surface area contributed by atoms with Crippen LogP contribution >= 0.6 is 0 Å². The maximum Gasteiger partial charge on any atom is 0.0650 e. The predicted molar refractivity (Wildman–Crippen MR) is 69.0 cm³/mol. The Balaban J connectivity index is 2.38. The van der Waals surface area contributed by atoms with E-state index in [2.05, 4.69) is 19.8 Å². The first-order valence-electron chi connectivity index (χ1n) is 6.71. The molecule has 0 radical (unpaired) electrons. The van der Waals surface area contributed by atoms with Crippen LogP contribution in [0, 0.1) is 24.2 Å². The van der Waals surface area contributed by atoms with Crippen molar-refractivity contribution in [2.75, 3.05) is 0 Å². The molecule has 0 aromatic heterocycles. The van der Waals surface area contributed by atoms with Gasteiger partial charge in [0.15, 0.2) is 0 Å². The van der Waals surface area contributed by atoms with Gasteiger partial charge in [-0.15, -0.1) is 12.3 Å². The van der Waals surface area contributed by atoms with Gasteiger partial charge < -0.3 is 5.11 Å². The van der Waals surface area contributed by atoms with Crippen molar-refractivity contribution < 1.29 is 5.11 Å². The number of hydrogen-bond acceptors (Lipinski definition) is 1. The van der Waals surface area contributed by atoms with Crippen LogP contribution < -0.4 is 0 Å². The van der Waals surface area contributed by atoms with Gasteiger partial charge in [0.1, 0.15) is 0 Å². The van der Waals surface area contributed by atoms with Gasteiger partial charge in [0.2, 0.25) is 0 Å². The minimum atomic E-state index is -0.408. The zero-order valence-electron chi connectivity index (χ0n) is 10.8. The molecule has 2 unspecified atom stereocenters. The SMILES string of the molecule is C#CCCCC1(O)CCCC(CC(C)C)C1. The van der Waals surface area contributed by atoms with Crippen LogP contribution in [0.2, 0.25) is 0 Å². The molecular formula is C15H26O. The lowest BCUT2D eigenvalue weighted by atomic mass is 9.73. The number of aliphatic hydroxyl groups is 1. The largest absolute Gasteiger partial charge is 0.390 e. The van der Waals surface area contributed by atoms with E-state index < -0.39 is 5.60 Å². The van der Waals surface area contributed by atoms with Crippen molar-refractivity contribution in [2.24, 2.45) is 11.8 Å². The summed E-state index contributed by atoms with van der Waals surface area (Å²) in [6.45, 7) is 4.54. The van der Waals surface area contributed by atoms with E-state index in [-0.39, 0.29) is 0 Å². The topological polar surface area (TPSA) is 20.2 Å². The van der Waals surface area contributed by atoms with Gasteiger partial charge in [-0.2, -0.15) is 0 Å². The molecule has 0 aliphatic heterocycles. The maximum absolute atomic E-state index is 10.5. The van der Waals surface area contributed by atoms with Gasteiger partial charge in [-0.25, -0.2) is 0 Å². The fraction of sp³-hybridized carbons (Fsp3) is 0.867. The molecule has 1 N–H and O–H groups in total. The Morgan fingerprint density at radius 3 is 2.88 bits per heavy atom. The molecule has 0 bridgehead atoms. The van der Waals surface area contributed by atoms with Crippen LogP contribution in [0.15, 0.2) is 0 Å². The second kappa shape index (κ2) is 6.30. The Hall–Kier alpha value is -0.480. The Labute approximate surface area is 101 Å². The quantitative estimate of drug-likeness (QED) is 0.555. The Morgan fingerprint density at radius 1 is 1.50 bits per heavy atom. The van der Waals surface area contributed by atoms with Gasteiger partial charge in [0, 0.05) is 6.42 Å². The molecule has 0 amide bonds. The smallest absolute Gasteiger partial charge is 0.0650 e. The van der Waals surface area contributed by atoms with E-state index in [4.69, 9.17) is 6.42 Å². The molecule has 0 heterocycles. The Kier molecular flexibility index (Phi) is 5.35. The highest BCUT2D eigenvalue weighted by molar-refractivity contribution is 4.89. The fourth-order valence-electron chi connectivity index (χ4n) is 3.08. The molecule has 1 heteroatoms. The van der Waals surface area contributed by atoms with Crippen LogP contribution in [-0.4, -0.2) is 10.7 Å². The first-order valence-corrected chi connectivity index (χ1v) is 6.71. The molecule has 0 saturated heterocycles. The summed E-state index contributed by atoms with van der Waals surface area (Å²) in [6, 6.07) is 0. The second-order valence-corrected chi connectivity index (χ2v) is 5.87. The molecule has 92 valence electrons. The summed E-state index contributed by atoms with van der Waals surface area (Å²) >= 11 is 0. The average Bonchev–Trinajstić information content (AvgIpc) is 2.16. The summed E-state index contributed by atoms with van der Waals surface area (Å²) in [7, 11) is 0. The third kappa shape index (κ3) is 4.58. The predicted octanol–water partition coefficient (Wildman–Crippen LogP) is 3.76. The first-order chi connectivity index (χ1) is 7.56. The molecule has 0 aromatic carbocycles. The van der Waals surface area contributed by atoms with Crippen molar-refractivity contribution in [1.29, 1.82) is 0 Å². The molecule has 2 atom stereocenters. The van der Waals surface area contributed by atoms with Crippen LogP contribution in [0.5, 0.6) is 0 Å². The Morgan fingerprint density at radius 2 is 2.25 bits per heavy atom. The number of terminal acetylenes is 1. The third-order valence-electron chi connectivity index (χ3n) is 3.69. The lowest BCUT2D eigenvalue weighted by Gasteiger charge is -2.37. The normalized spacial score (nSPS) is 30.3. The first kappa shape index (κ1) is 13.6. The lowest BCUT2D eigenvalue weighted by molar-refractivity contribution is -0.0273. The molecule has 1 nitrogen and oxygen atoms in total. The number of unbranched alkanes of at least 4 members (excludes halogenated alkanes) is 1. The second-order valence-electron chi connectivity index (χ2n) is 5.87. The minimum absolute atomic E-state index is 0.408. The van der Waals surface area contributed by atoms with E-state index in [1.54, 1.807) is 0 Å². The third-order valence-corrected chi connectivity index (χ3v) is 3.69. The molecule has 1 aliphatic rings. The van der Waals surface area contributed by atoms with Crippen molar-refractivity contribution in [3.05, 3.63) is 0 Å². The van der Waals surface area contributed by atoms with Crippen molar-refractivity contribution in [2.45, 2.75) is 70.8 Å². The van der Waals surface area contributed by atoms with Gasteiger partial charge in [-0.05, 0) is 43.9 Å². The molecule has 1 aliphatic carbocycles. The lowest BCUT2D eigenvalue weighted by Crippen LogP contribution is -2.35. The molecule has 1 fully saturated rings. The van der Waals surface area contributed by atoms with E-state index >= 15 is 0 Å². The molecule has 1 rings (SSSR count). The van der Waals surface area contributed by atoms with E-state index in [1.807, 2.05) is 0 Å². The highest BCUT2D eigenvalue weighted by Crippen LogP contribution is 2.38. The number of rotatable bonds is 5. The monoisotopic (exact) mass is 222 g/mol. The average molecular weight is 222 g/mol. The van der Waals surface area contributed by atoms with Gasteiger partial charge in [0.25, 0.3) is 0 Å². The fourth-order valence-corrected chi connectivity index (χ4v) is 3.08. The van der Waals surface area contributed by atoms with Crippen LogP contribution in [0.4, 0.5) is 0 Å². The van der Waals surface area contributed by atoms with Crippen LogP contribution in [0.1, 0.15) is 65.2 Å². The molecule has 0 aromatic rings. The van der Waals surface area contributed by atoms with Crippen molar-refractivity contribution in [1.82, 2.24) is 0 Å². The summed E-state index contributed by atoms with van der Waals surface area (Å²) < 4.78 is 0. The zero-order valence-corrected chi connectivity index (χ0v) is 10.8. The molecule has 1 saturated carbocycles. The highest BCUT2D eigenvalue weighted by atomic mass is 16.3. The summed E-state index contributed by atoms with van der Waals surface area (Å²) in [5.41, 5.74) is -0.408. The van der Waals surface area contributed by atoms with Crippen molar-refractivity contribution in [3.8, 4) is 12.3 Å². The van der Waals surface area contributed by atoms with Gasteiger partial charge in [-0.1, -0.05) is 26.7 Å². The summed E-state index contributed by atoms with van der Waals surface area (Å²) in [6.07, 6.45) is 13.6. The van der Waals surface area contributed by atoms with Crippen molar-refractivity contribution in [3.63, 3.8) is 0 Å². The van der Waals surface area contributed by atoms with E-state index in [1.165, 1.54) is 19.3 Å². The molecular weight excluding hydrogens is 196 g/mol. The van der Waals surface area contributed by atoms with E-state index in [0.29, 0.717) is 0 Å². The summed E-state index contributed by atoms with van der Waals surface area (Å²) in [5.74, 6) is 4.13. The molecule has 16 heavy (non-hydrogen) atoms. The highest BCUT2D eigenvalue weighted by Gasteiger charge is 2.33. The molecule has 0 spiro atoms. The zero-order chi connectivity index (χ0) is 12.0. The van der Waals surface area contributed by atoms with Gasteiger partial charge >= 0.3 is 0 Å². The van der Waals surface area contributed by atoms with Gasteiger partial charge in [-0.3, -0.25) is 0 Å². The van der Waals surface area contributed by atoms with Crippen LogP contribution in [0.25, 0.3) is 0 Å². The van der Waals surface area contributed by atoms with E-state index in [0.717, 1.165) is 43.9 Å². The van der Waals surface area contributed by atoms with Gasteiger partial charge in [0.05, 0.1) is 5.60 Å². The standard InChI is InChI=1S/C15H26O/c1-4-5-6-9-15(16)10-7-8-14(12-15)11-13(2)3/h1,13-14,16H,5-12H2,2-3H3. The van der Waals surface area contributed by atoms with Crippen LogP contribution in [0.3, 0.4) is 0 Å². The van der Waals surface area contributed by atoms with E-state index in [9.17, 15) is 5.11 Å². The summed E-state index contributed by atoms with van der Waals surface area (Å²) in [4.78, 5) is 0. The summed E-state index contributed by atoms with van der Waals surface area (Å²) in [5, 5.41) is 10.5. The Bertz CT molecular complexity index is 238. The van der Waals surface area contributed by atoms with Crippen LogP contribution in [-0.2, 0) is 0 Å².